The lowest BCUT2D eigenvalue weighted by molar-refractivity contribution is -0.137. The first-order chi connectivity index (χ1) is 15.2. The molecule has 0 atom stereocenters. The highest BCUT2D eigenvalue weighted by Crippen LogP contribution is 2.29. The van der Waals surface area contributed by atoms with Gasteiger partial charge in [0.25, 0.3) is 15.9 Å². The Morgan fingerprint density at radius 3 is 2.47 bits per heavy atom. The number of benzene rings is 2. The number of amides is 1. The average molecular weight is 462 g/mol. The predicted octanol–water partition coefficient (Wildman–Crippen LogP) is 3.45. The Morgan fingerprint density at radius 2 is 1.81 bits per heavy atom. The standard InChI is InChI=1S/C21H17F3N4O3S/c22-21(23,24)17-7-4-6-16(12-17)13-26-27-20(29)15-28(18-8-5-11-25-14-18)32(30,31)19-9-2-1-3-10-19/h1-14H,15H2,(H,27,29)/b26-13-. The predicted molar refractivity (Wildman–Crippen MR) is 112 cm³/mol. The summed E-state index contributed by atoms with van der Waals surface area (Å²) < 4.78 is 65.4. The molecule has 0 fully saturated rings. The molecule has 0 aliphatic heterocycles. The maximum atomic E-state index is 13.1. The van der Waals surface area contributed by atoms with E-state index in [0.29, 0.717) is 0 Å². The van der Waals surface area contributed by atoms with E-state index < -0.39 is 34.2 Å². The summed E-state index contributed by atoms with van der Waals surface area (Å²) in [6.07, 6.45) is -0.730. The number of hydrazone groups is 1. The number of halogens is 3. The molecule has 2 aromatic carbocycles. The van der Waals surface area contributed by atoms with Crippen LogP contribution in [0, 0.1) is 0 Å². The van der Waals surface area contributed by atoms with Crippen LogP contribution in [0.1, 0.15) is 11.1 Å². The summed E-state index contributed by atoms with van der Waals surface area (Å²) in [5.41, 5.74) is 1.55. The fourth-order valence-corrected chi connectivity index (χ4v) is 4.10. The Bertz CT molecular complexity index is 1200. The second-order valence-electron chi connectivity index (χ2n) is 6.45. The van der Waals surface area contributed by atoms with Crippen LogP contribution >= 0.6 is 0 Å². The van der Waals surface area contributed by atoms with Gasteiger partial charge in [-0.15, -0.1) is 0 Å². The second kappa shape index (κ2) is 9.60. The van der Waals surface area contributed by atoms with Gasteiger partial charge in [-0.05, 0) is 42.0 Å². The van der Waals surface area contributed by atoms with Crippen molar-refractivity contribution in [3.8, 4) is 0 Å². The maximum absolute atomic E-state index is 13.1. The van der Waals surface area contributed by atoms with Crippen LogP contribution in [0.15, 0.2) is 89.1 Å². The molecule has 0 aliphatic rings. The number of anilines is 1. The fraction of sp³-hybridized carbons (Fsp3) is 0.0952. The van der Waals surface area contributed by atoms with E-state index in [4.69, 9.17) is 0 Å². The molecule has 0 saturated heterocycles. The van der Waals surface area contributed by atoms with E-state index in [1.807, 2.05) is 0 Å². The van der Waals surface area contributed by atoms with Gasteiger partial charge in [-0.25, -0.2) is 13.8 Å². The van der Waals surface area contributed by atoms with Crippen molar-refractivity contribution in [2.45, 2.75) is 11.1 Å². The van der Waals surface area contributed by atoms with Crippen molar-refractivity contribution < 1.29 is 26.4 Å². The minimum absolute atomic E-state index is 0.0240. The number of alkyl halides is 3. The molecule has 32 heavy (non-hydrogen) atoms. The Labute approximate surface area is 182 Å². The number of sulfonamides is 1. The van der Waals surface area contributed by atoms with Crippen molar-refractivity contribution in [2.24, 2.45) is 5.10 Å². The Morgan fingerprint density at radius 1 is 1.06 bits per heavy atom. The van der Waals surface area contributed by atoms with Gasteiger partial charge in [-0.2, -0.15) is 18.3 Å². The Balaban J connectivity index is 1.77. The van der Waals surface area contributed by atoms with E-state index in [-0.39, 0.29) is 16.1 Å². The first-order valence-electron chi connectivity index (χ1n) is 9.15. The van der Waals surface area contributed by atoms with E-state index in [1.165, 1.54) is 48.8 Å². The molecule has 7 nitrogen and oxygen atoms in total. The zero-order valence-corrected chi connectivity index (χ0v) is 17.2. The van der Waals surface area contributed by atoms with Gasteiger partial charge in [0.05, 0.1) is 28.6 Å². The molecule has 11 heteroatoms. The summed E-state index contributed by atoms with van der Waals surface area (Å²) in [6.45, 7) is -0.622. The summed E-state index contributed by atoms with van der Waals surface area (Å²) in [6, 6.07) is 14.9. The van der Waals surface area contributed by atoms with E-state index in [2.05, 4.69) is 15.5 Å². The number of aromatic nitrogens is 1. The van der Waals surface area contributed by atoms with Crippen molar-refractivity contribution in [1.82, 2.24) is 10.4 Å². The Kier molecular flexibility index (Phi) is 6.89. The highest BCUT2D eigenvalue weighted by Gasteiger charge is 2.30. The number of rotatable bonds is 7. The molecule has 3 rings (SSSR count). The van der Waals surface area contributed by atoms with Gasteiger partial charge < -0.3 is 0 Å². The van der Waals surface area contributed by atoms with E-state index >= 15 is 0 Å². The van der Waals surface area contributed by atoms with Crippen LogP contribution in [0.25, 0.3) is 0 Å². The molecule has 0 bridgehead atoms. The maximum Gasteiger partial charge on any atom is 0.416 e. The van der Waals surface area contributed by atoms with Crippen molar-refractivity contribution in [1.29, 1.82) is 0 Å². The number of pyridine rings is 1. The smallest absolute Gasteiger partial charge is 0.271 e. The minimum atomic E-state index is -4.51. The minimum Gasteiger partial charge on any atom is -0.271 e. The SMILES string of the molecule is O=C(CN(c1cccnc1)S(=O)(=O)c1ccccc1)N/N=C\c1cccc(C(F)(F)F)c1. The third kappa shape index (κ3) is 5.70. The van der Waals surface area contributed by atoms with Crippen LogP contribution in [-0.2, 0) is 21.0 Å². The number of hydrogen-bond donors (Lipinski definition) is 1. The molecule has 0 unspecified atom stereocenters. The van der Waals surface area contributed by atoms with Crippen LogP contribution in [-0.4, -0.2) is 32.1 Å². The summed E-state index contributed by atoms with van der Waals surface area (Å²) in [7, 11) is -4.09. The van der Waals surface area contributed by atoms with Crippen molar-refractivity contribution >= 4 is 27.8 Å². The van der Waals surface area contributed by atoms with Gasteiger partial charge in [0.15, 0.2) is 0 Å². The largest absolute Gasteiger partial charge is 0.416 e. The molecule has 1 N–H and O–H groups in total. The number of nitrogens with one attached hydrogen (secondary N) is 1. The molecule has 0 aliphatic carbocycles. The van der Waals surface area contributed by atoms with Crippen LogP contribution in [0.3, 0.4) is 0 Å². The molecule has 1 heterocycles. The van der Waals surface area contributed by atoms with Crippen LogP contribution in [0.4, 0.5) is 18.9 Å². The van der Waals surface area contributed by atoms with Gasteiger partial charge in [-0.3, -0.25) is 14.1 Å². The molecule has 0 radical (unpaired) electrons. The molecule has 0 saturated carbocycles. The lowest BCUT2D eigenvalue weighted by Gasteiger charge is -2.23. The number of nitrogens with zero attached hydrogens (tertiary/aromatic N) is 3. The second-order valence-corrected chi connectivity index (χ2v) is 8.31. The van der Waals surface area contributed by atoms with Crippen LogP contribution in [0.5, 0.6) is 0 Å². The first-order valence-corrected chi connectivity index (χ1v) is 10.6. The van der Waals surface area contributed by atoms with Gasteiger partial charge in [0.1, 0.15) is 6.54 Å². The summed E-state index contributed by atoms with van der Waals surface area (Å²) in [5.74, 6) is -0.795. The van der Waals surface area contributed by atoms with E-state index in [0.717, 1.165) is 22.7 Å². The van der Waals surface area contributed by atoms with Crippen LogP contribution < -0.4 is 9.73 Å². The topological polar surface area (TPSA) is 91.7 Å². The molecule has 3 aromatic rings. The highest BCUT2D eigenvalue weighted by molar-refractivity contribution is 7.92. The van der Waals surface area contributed by atoms with Gasteiger partial charge in [0, 0.05) is 6.20 Å². The molecular formula is C21H17F3N4O3S. The highest BCUT2D eigenvalue weighted by atomic mass is 32.2. The Hall–Kier alpha value is -3.73. The zero-order valence-electron chi connectivity index (χ0n) is 16.4. The molecule has 1 aromatic heterocycles. The number of carbonyl (C=O) groups excluding carboxylic acids is 1. The molecule has 166 valence electrons. The summed E-state index contributed by atoms with van der Waals surface area (Å²) in [5, 5.41) is 3.64. The van der Waals surface area contributed by atoms with Crippen molar-refractivity contribution in [3.63, 3.8) is 0 Å². The first kappa shape index (κ1) is 22.9. The monoisotopic (exact) mass is 462 g/mol. The quantitative estimate of drug-likeness (QED) is 0.430. The summed E-state index contributed by atoms with van der Waals surface area (Å²) in [4.78, 5) is 16.3. The molecule has 0 spiro atoms. The fourth-order valence-electron chi connectivity index (χ4n) is 2.68. The van der Waals surface area contributed by atoms with Crippen molar-refractivity contribution in [2.75, 3.05) is 10.8 Å². The van der Waals surface area contributed by atoms with E-state index in [1.54, 1.807) is 18.2 Å². The lowest BCUT2D eigenvalue weighted by Crippen LogP contribution is -2.39. The van der Waals surface area contributed by atoms with Gasteiger partial charge in [0.2, 0.25) is 0 Å². The van der Waals surface area contributed by atoms with E-state index in [9.17, 15) is 26.4 Å². The summed E-state index contributed by atoms with van der Waals surface area (Å²) >= 11 is 0. The molecule has 1 amide bonds. The third-order valence-corrected chi connectivity index (χ3v) is 5.96. The van der Waals surface area contributed by atoms with Gasteiger partial charge >= 0.3 is 6.18 Å². The number of hydrogen-bond acceptors (Lipinski definition) is 5. The van der Waals surface area contributed by atoms with Gasteiger partial charge in [-0.1, -0.05) is 30.3 Å². The zero-order chi connectivity index (χ0) is 23.2. The molecular weight excluding hydrogens is 445 g/mol. The number of carbonyl (C=O) groups is 1. The van der Waals surface area contributed by atoms with Crippen LogP contribution in [0.2, 0.25) is 0 Å². The van der Waals surface area contributed by atoms with Crippen molar-refractivity contribution in [3.05, 3.63) is 90.3 Å². The third-order valence-electron chi connectivity index (χ3n) is 4.17. The average Bonchev–Trinajstić information content (AvgIpc) is 2.78. The lowest BCUT2D eigenvalue weighted by atomic mass is 10.1. The normalized spacial score (nSPS) is 12.0.